The molecule has 7 heavy (non-hydrogen) atoms. The molecule has 1 aromatic heterocycles. The van der Waals surface area contributed by atoms with Crippen molar-refractivity contribution in [3.63, 3.8) is 0 Å². The van der Waals surface area contributed by atoms with E-state index in [1.54, 1.807) is 18.5 Å². The number of rotatable bonds is 0. The zero-order valence-corrected chi connectivity index (χ0v) is 6.12. The first-order chi connectivity index (χ1) is 3.00. The van der Waals surface area contributed by atoms with Crippen molar-refractivity contribution in [3.8, 4) is 0 Å². The minimum atomic E-state index is 0. The fourth-order valence-corrected chi connectivity index (χ4v) is 0.253. The third-order valence-corrected chi connectivity index (χ3v) is 0.478. The van der Waals surface area contributed by atoms with E-state index in [9.17, 15) is 0 Å². The SMILES string of the molecule is [Ca+2].c1cncnc1. The van der Waals surface area contributed by atoms with Crippen LogP contribution in [0, 0.1) is 0 Å². The second kappa shape index (κ2) is 4.50. The predicted octanol–water partition coefficient (Wildman–Crippen LogP) is 0.0958. The van der Waals surface area contributed by atoms with Gasteiger partial charge in [-0.2, -0.15) is 0 Å². The van der Waals surface area contributed by atoms with E-state index in [0.29, 0.717) is 0 Å². The van der Waals surface area contributed by atoms with Gasteiger partial charge in [0, 0.05) is 12.4 Å². The molecule has 1 rings (SSSR count). The predicted molar refractivity (Wildman–Crippen MR) is 27.8 cm³/mol. The summed E-state index contributed by atoms with van der Waals surface area (Å²) in [7, 11) is 0. The van der Waals surface area contributed by atoms with Crippen LogP contribution in [-0.4, -0.2) is 47.7 Å². The molecule has 2 nitrogen and oxygen atoms in total. The Morgan fingerprint density at radius 1 is 1.00 bits per heavy atom. The summed E-state index contributed by atoms with van der Waals surface area (Å²) in [4.78, 5) is 7.35. The fraction of sp³-hybridized carbons (Fsp3) is 0. The van der Waals surface area contributed by atoms with Crippen LogP contribution in [0.5, 0.6) is 0 Å². The third-order valence-electron chi connectivity index (χ3n) is 0.478. The molecular weight excluding hydrogens is 116 g/mol. The largest absolute Gasteiger partial charge is 2.00 e. The van der Waals surface area contributed by atoms with Crippen LogP contribution >= 0.6 is 0 Å². The Balaban J connectivity index is 0.000000360. The maximum Gasteiger partial charge on any atom is 2.00 e. The quantitative estimate of drug-likeness (QED) is 0.454. The van der Waals surface area contributed by atoms with E-state index in [4.69, 9.17) is 0 Å². The Morgan fingerprint density at radius 3 is 1.71 bits per heavy atom. The molecule has 0 bridgehead atoms. The monoisotopic (exact) mass is 120 g/mol. The van der Waals surface area contributed by atoms with Gasteiger partial charge >= 0.3 is 37.7 Å². The van der Waals surface area contributed by atoms with Crippen molar-refractivity contribution >= 4 is 37.7 Å². The van der Waals surface area contributed by atoms with E-state index >= 15 is 0 Å². The van der Waals surface area contributed by atoms with Gasteiger partial charge in [-0.25, -0.2) is 9.97 Å². The normalized spacial score (nSPS) is 6.86. The summed E-state index contributed by atoms with van der Waals surface area (Å²) < 4.78 is 0. The standard InChI is InChI=1S/C4H4N2.Ca/c1-2-5-4-6-3-1;/h1-4H;/q;+2. The Hall–Kier alpha value is 0.340. The zero-order valence-electron chi connectivity index (χ0n) is 3.91. The van der Waals surface area contributed by atoms with Crippen molar-refractivity contribution in [1.29, 1.82) is 0 Å². The summed E-state index contributed by atoms with van der Waals surface area (Å²) in [6.07, 6.45) is 4.88. The van der Waals surface area contributed by atoms with Gasteiger partial charge in [-0.3, -0.25) is 0 Å². The van der Waals surface area contributed by atoms with Crippen LogP contribution in [0.3, 0.4) is 0 Å². The molecule has 0 fully saturated rings. The smallest absolute Gasteiger partial charge is 0.245 e. The maximum absolute atomic E-state index is 3.67. The van der Waals surface area contributed by atoms with Gasteiger partial charge < -0.3 is 0 Å². The molecule has 0 atom stereocenters. The molecule has 0 aromatic carbocycles. The van der Waals surface area contributed by atoms with Crippen molar-refractivity contribution in [2.24, 2.45) is 0 Å². The van der Waals surface area contributed by atoms with E-state index < -0.39 is 0 Å². The second-order valence-corrected chi connectivity index (χ2v) is 0.904. The summed E-state index contributed by atoms with van der Waals surface area (Å²) in [5, 5.41) is 0. The van der Waals surface area contributed by atoms with Crippen molar-refractivity contribution < 1.29 is 0 Å². The average molecular weight is 120 g/mol. The molecule has 0 aliphatic heterocycles. The zero-order chi connectivity index (χ0) is 4.24. The van der Waals surface area contributed by atoms with Gasteiger partial charge in [0.25, 0.3) is 0 Å². The molecule has 0 saturated carbocycles. The molecule has 30 valence electrons. The molecule has 0 radical (unpaired) electrons. The van der Waals surface area contributed by atoms with E-state index in [1.165, 1.54) is 6.33 Å². The van der Waals surface area contributed by atoms with Gasteiger partial charge in [0.2, 0.25) is 0 Å². The van der Waals surface area contributed by atoms with Gasteiger partial charge in [0.05, 0.1) is 0 Å². The molecule has 1 aromatic rings. The van der Waals surface area contributed by atoms with Gasteiger partial charge in [-0.05, 0) is 6.07 Å². The van der Waals surface area contributed by atoms with E-state index in [-0.39, 0.29) is 37.7 Å². The Morgan fingerprint density at radius 2 is 1.57 bits per heavy atom. The molecular formula is C4H4CaN2+2. The van der Waals surface area contributed by atoms with Crippen LogP contribution in [0.1, 0.15) is 0 Å². The third kappa shape index (κ3) is 2.97. The van der Waals surface area contributed by atoms with E-state index in [0.717, 1.165) is 0 Å². The summed E-state index contributed by atoms with van der Waals surface area (Å²) in [5.74, 6) is 0. The first-order valence-corrected chi connectivity index (χ1v) is 1.70. The van der Waals surface area contributed by atoms with Crippen molar-refractivity contribution in [2.45, 2.75) is 0 Å². The first kappa shape index (κ1) is 7.34. The molecule has 0 aliphatic carbocycles. The molecule has 0 N–H and O–H groups in total. The van der Waals surface area contributed by atoms with Gasteiger partial charge in [0.15, 0.2) is 0 Å². The number of nitrogens with zero attached hydrogens (tertiary/aromatic N) is 2. The molecule has 1 heterocycles. The topological polar surface area (TPSA) is 25.8 Å². The molecule has 3 heteroatoms. The number of hydrogen-bond acceptors (Lipinski definition) is 2. The Labute approximate surface area is 72.0 Å². The van der Waals surface area contributed by atoms with Crippen molar-refractivity contribution in [3.05, 3.63) is 24.8 Å². The first-order valence-electron chi connectivity index (χ1n) is 1.70. The minimum absolute atomic E-state index is 0. The molecule has 0 unspecified atom stereocenters. The van der Waals surface area contributed by atoms with Crippen LogP contribution in [0.15, 0.2) is 24.8 Å². The summed E-state index contributed by atoms with van der Waals surface area (Å²) in [5.41, 5.74) is 0. The minimum Gasteiger partial charge on any atom is -0.245 e. The van der Waals surface area contributed by atoms with Crippen molar-refractivity contribution in [2.75, 3.05) is 0 Å². The average Bonchev–Trinajstić information content (AvgIpc) is 1.72. The van der Waals surface area contributed by atoms with Crippen LogP contribution in [-0.2, 0) is 0 Å². The Kier molecular flexibility index (Phi) is 4.72. The Bertz CT molecular complexity index is 81.6. The molecule has 0 spiro atoms. The van der Waals surface area contributed by atoms with Gasteiger partial charge in [-0.15, -0.1) is 0 Å². The van der Waals surface area contributed by atoms with Crippen molar-refractivity contribution in [1.82, 2.24) is 9.97 Å². The van der Waals surface area contributed by atoms with Crippen LogP contribution in [0.2, 0.25) is 0 Å². The molecule has 0 aliphatic rings. The molecule has 0 amide bonds. The maximum atomic E-state index is 3.67. The molecule has 0 saturated heterocycles. The number of hydrogen-bond donors (Lipinski definition) is 0. The summed E-state index contributed by atoms with van der Waals surface area (Å²) >= 11 is 0. The number of aromatic nitrogens is 2. The van der Waals surface area contributed by atoms with Crippen LogP contribution in [0.25, 0.3) is 0 Å². The van der Waals surface area contributed by atoms with E-state index in [1.807, 2.05) is 0 Å². The van der Waals surface area contributed by atoms with Crippen LogP contribution < -0.4 is 0 Å². The van der Waals surface area contributed by atoms with Gasteiger partial charge in [-0.1, -0.05) is 0 Å². The summed E-state index contributed by atoms with van der Waals surface area (Å²) in [6, 6.07) is 1.78. The van der Waals surface area contributed by atoms with Gasteiger partial charge in [0.1, 0.15) is 6.33 Å². The van der Waals surface area contributed by atoms with Crippen LogP contribution in [0.4, 0.5) is 0 Å². The fourth-order valence-electron chi connectivity index (χ4n) is 0.253. The van der Waals surface area contributed by atoms with E-state index in [2.05, 4.69) is 9.97 Å². The second-order valence-electron chi connectivity index (χ2n) is 0.904. The summed E-state index contributed by atoms with van der Waals surface area (Å²) in [6.45, 7) is 0.